The number of carbonyl (C=O) groups is 2. The van der Waals surface area contributed by atoms with Crippen LogP contribution in [0.1, 0.15) is 27.6 Å². The molecule has 0 saturated heterocycles. The van der Waals surface area contributed by atoms with Gasteiger partial charge in [0, 0.05) is 17.4 Å². The molecule has 1 N–H and O–H groups in total. The van der Waals surface area contributed by atoms with Crippen LogP contribution >= 0.6 is 0 Å². The highest BCUT2D eigenvalue weighted by Gasteiger charge is 2.15. The number of hydrogen-bond donors (Lipinski definition) is 1. The van der Waals surface area contributed by atoms with Crippen LogP contribution in [0.3, 0.4) is 0 Å². The van der Waals surface area contributed by atoms with Gasteiger partial charge in [-0.2, -0.15) is 5.10 Å². The summed E-state index contributed by atoms with van der Waals surface area (Å²) in [4.78, 5) is 24.1. The van der Waals surface area contributed by atoms with Crippen LogP contribution < -0.4 is 5.32 Å². The summed E-state index contributed by atoms with van der Waals surface area (Å²) in [5.41, 5.74) is 1.65. The molecule has 2 heterocycles. The average molecular weight is 327 g/mol. The summed E-state index contributed by atoms with van der Waals surface area (Å²) in [7, 11) is 0. The summed E-state index contributed by atoms with van der Waals surface area (Å²) in [6, 6.07) is 8.50. The predicted molar refractivity (Wildman–Crippen MR) is 85.5 cm³/mol. The van der Waals surface area contributed by atoms with Gasteiger partial charge in [-0.05, 0) is 43.3 Å². The average Bonchev–Trinajstić information content (AvgIpc) is 2.99. The predicted octanol–water partition coefficient (Wildman–Crippen LogP) is 2.90. The highest BCUT2D eigenvalue weighted by Crippen LogP contribution is 2.18. The van der Waals surface area contributed by atoms with Gasteiger partial charge in [0.2, 0.25) is 0 Å². The van der Waals surface area contributed by atoms with Gasteiger partial charge in [-0.3, -0.25) is 4.79 Å². The normalized spacial score (nSPS) is 10.6. The Kier molecular flexibility index (Phi) is 4.24. The van der Waals surface area contributed by atoms with Crippen molar-refractivity contribution in [2.45, 2.75) is 6.92 Å². The van der Waals surface area contributed by atoms with Crippen molar-refractivity contribution in [3.63, 3.8) is 0 Å². The minimum atomic E-state index is -0.477. The lowest BCUT2D eigenvalue weighted by Crippen LogP contribution is -2.12. The van der Waals surface area contributed by atoms with Crippen LogP contribution in [-0.2, 0) is 4.74 Å². The third-order valence-corrected chi connectivity index (χ3v) is 3.38. The highest BCUT2D eigenvalue weighted by atomic mass is 19.1. The number of carbonyl (C=O) groups excluding carboxylic acids is 2. The Balaban J connectivity index is 1.87. The van der Waals surface area contributed by atoms with Crippen molar-refractivity contribution in [1.29, 1.82) is 0 Å². The van der Waals surface area contributed by atoms with E-state index in [1.165, 1.54) is 35.0 Å². The van der Waals surface area contributed by atoms with E-state index >= 15 is 0 Å². The van der Waals surface area contributed by atoms with Crippen molar-refractivity contribution in [2.75, 3.05) is 11.9 Å². The summed E-state index contributed by atoms with van der Waals surface area (Å²) in [6.45, 7) is 1.98. The number of fused-ring (bicyclic) bond motifs is 1. The van der Waals surface area contributed by atoms with E-state index in [0.29, 0.717) is 22.3 Å². The number of benzene rings is 1. The highest BCUT2D eigenvalue weighted by molar-refractivity contribution is 6.05. The number of pyridine rings is 1. The van der Waals surface area contributed by atoms with E-state index in [-0.39, 0.29) is 12.5 Å². The van der Waals surface area contributed by atoms with Crippen LogP contribution in [0.25, 0.3) is 5.52 Å². The molecule has 2 aromatic heterocycles. The maximum atomic E-state index is 12.9. The quantitative estimate of drug-likeness (QED) is 0.748. The third kappa shape index (κ3) is 3.10. The van der Waals surface area contributed by atoms with Gasteiger partial charge in [-0.15, -0.1) is 0 Å². The zero-order valence-corrected chi connectivity index (χ0v) is 12.8. The number of rotatable bonds is 4. The lowest BCUT2D eigenvalue weighted by Gasteiger charge is -2.06. The fourth-order valence-corrected chi connectivity index (χ4v) is 2.23. The standard InChI is InChI=1S/C17H14FN3O3/c1-2-24-17(23)14-10-19-21-8-7-13(9-15(14)21)20-16(22)11-3-5-12(18)6-4-11/h3-10H,2H2,1H3,(H,20,22). The van der Waals surface area contributed by atoms with Crippen LogP contribution in [0, 0.1) is 5.82 Å². The van der Waals surface area contributed by atoms with Gasteiger partial charge in [0.1, 0.15) is 11.4 Å². The second-order valence-corrected chi connectivity index (χ2v) is 4.98. The Morgan fingerprint density at radius 1 is 1.25 bits per heavy atom. The van der Waals surface area contributed by atoms with Gasteiger partial charge in [-0.1, -0.05) is 0 Å². The van der Waals surface area contributed by atoms with E-state index < -0.39 is 11.8 Å². The largest absolute Gasteiger partial charge is 0.462 e. The molecule has 6 nitrogen and oxygen atoms in total. The van der Waals surface area contributed by atoms with Crippen LogP contribution in [0.5, 0.6) is 0 Å². The smallest absolute Gasteiger partial charge is 0.341 e. The molecular formula is C17H14FN3O3. The molecule has 0 saturated carbocycles. The fourth-order valence-electron chi connectivity index (χ4n) is 2.23. The van der Waals surface area contributed by atoms with Crippen molar-refractivity contribution in [2.24, 2.45) is 0 Å². The van der Waals surface area contributed by atoms with Gasteiger partial charge in [0.05, 0.1) is 18.3 Å². The third-order valence-electron chi connectivity index (χ3n) is 3.38. The maximum absolute atomic E-state index is 12.9. The molecule has 0 aliphatic carbocycles. The number of halogens is 1. The van der Waals surface area contributed by atoms with Gasteiger partial charge >= 0.3 is 5.97 Å². The summed E-state index contributed by atoms with van der Waals surface area (Å²) in [5, 5.41) is 6.77. The summed E-state index contributed by atoms with van der Waals surface area (Å²) >= 11 is 0. The van der Waals surface area contributed by atoms with E-state index in [9.17, 15) is 14.0 Å². The Labute approximate surface area is 136 Å². The van der Waals surface area contributed by atoms with Gasteiger partial charge in [-0.25, -0.2) is 13.7 Å². The first-order valence-electron chi connectivity index (χ1n) is 7.30. The number of anilines is 1. The van der Waals surface area contributed by atoms with Crippen molar-refractivity contribution in [3.05, 3.63) is 65.7 Å². The molecule has 122 valence electrons. The van der Waals surface area contributed by atoms with Gasteiger partial charge in [0.25, 0.3) is 5.91 Å². The Morgan fingerprint density at radius 2 is 2.00 bits per heavy atom. The van der Waals surface area contributed by atoms with Gasteiger partial charge in [0.15, 0.2) is 0 Å². The molecule has 0 radical (unpaired) electrons. The minimum absolute atomic E-state index is 0.261. The van der Waals surface area contributed by atoms with Crippen molar-refractivity contribution in [3.8, 4) is 0 Å². The van der Waals surface area contributed by atoms with Gasteiger partial charge < -0.3 is 10.1 Å². The molecule has 0 atom stereocenters. The second-order valence-electron chi connectivity index (χ2n) is 4.98. The lowest BCUT2D eigenvalue weighted by molar-refractivity contribution is 0.0528. The molecule has 3 aromatic rings. The Bertz CT molecular complexity index is 903. The molecule has 1 aromatic carbocycles. The fraction of sp³-hybridized carbons (Fsp3) is 0.118. The first-order chi connectivity index (χ1) is 11.6. The van der Waals surface area contributed by atoms with E-state index in [0.717, 1.165) is 0 Å². The summed E-state index contributed by atoms with van der Waals surface area (Å²) < 4.78 is 19.4. The Hall–Kier alpha value is -3.22. The molecule has 0 unspecified atom stereocenters. The minimum Gasteiger partial charge on any atom is -0.462 e. The monoisotopic (exact) mass is 327 g/mol. The summed E-state index contributed by atoms with van der Waals surface area (Å²) in [6.07, 6.45) is 3.04. The zero-order chi connectivity index (χ0) is 17.1. The number of aromatic nitrogens is 2. The molecule has 7 heteroatoms. The molecule has 0 bridgehead atoms. The molecule has 0 fully saturated rings. The molecule has 0 aliphatic rings. The zero-order valence-electron chi connectivity index (χ0n) is 12.8. The number of nitrogens with zero attached hydrogens (tertiary/aromatic N) is 2. The maximum Gasteiger partial charge on any atom is 0.341 e. The van der Waals surface area contributed by atoms with Crippen molar-refractivity contribution >= 4 is 23.1 Å². The van der Waals surface area contributed by atoms with E-state index in [4.69, 9.17) is 4.74 Å². The van der Waals surface area contributed by atoms with E-state index in [2.05, 4.69) is 10.4 Å². The Morgan fingerprint density at radius 3 is 2.71 bits per heavy atom. The van der Waals surface area contributed by atoms with Crippen LogP contribution in [0.4, 0.5) is 10.1 Å². The first kappa shape index (κ1) is 15.7. The second kappa shape index (κ2) is 6.49. The van der Waals surface area contributed by atoms with E-state index in [1.54, 1.807) is 25.3 Å². The molecule has 1 amide bonds. The SMILES string of the molecule is CCOC(=O)c1cnn2ccc(NC(=O)c3ccc(F)cc3)cc12. The number of amides is 1. The molecule has 3 rings (SSSR count). The lowest BCUT2D eigenvalue weighted by atomic mass is 10.2. The number of esters is 1. The molecule has 24 heavy (non-hydrogen) atoms. The molecular weight excluding hydrogens is 313 g/mol. The number of nitrogens with one attached hydrogen (secondary N) is 1. The number of ether oxygens (including phenoxy) is 1. The van der Waals surface area contributed by atoms with Crippen LogP contribution in [0.15, 0.2) is 48.8 Å². The first-order valence-corrected chi connectivity index (χ1v) is 7.30. The van der Waals surface area contributed by atoms with E-state index in [1.807, 2.05) is 0 Å². The van der Waals surface area contributed by atoms with Crippen molar-refractivity contribution in [1.82, 2.24) is 9.61 Å². The summed E-state index contributed by atoms with van der Waals surface area (Å²) in [5.74, 6) is -1.27. The number of hydrogen-bond acceptors (Lipinski definition) is 4. The van der Waals surface area contributed by atoms with Crippen LogP contribution in [0.2, 0.25) is 0 Å². The topological polar surface area (TPSA) is 72.7 Å². The molecule has 0 spiro atoms. The molecule has 0 aliphatic heterocycles. The van der Waals surface area contributed by atoms with Crippen molar-refractivity contribution < 1.29 is 18.7 Å². The van der Waals surface area contributed by atoms with Crippen LogP contribution in [-0.4, -0.2) is 28.1 Å².